The van der Waals surface area contributed by atoms with E-state index in [-0.39, 0.29) is 19.4 Å². The van der Waals surface area contributed by atoms with Crippen LogP contribution in [0.2, 0.25) is 0 Å². The molecule has 86 heavy (non-hydrogen) atoms. The van der Waals surface area contributed by atoms with E-state index in [0.29, 0.717) is 12.8 Å². The Morgan fingerprint density at radius 3 is 1.28 bits per heavy atom. The molecule has 0 aromatic carbocycles. The zero-order valence-electron chi connectivity index (χ0n) is 54.4. The van der Waals surface area contributed by atoms with Crippen LogP contribution in [0.15, 0.2) is 134 Å². The molecule has 1 amide bonds. The molecule has 0 aromatic rings. The van der Waals surface area contributed by atoms with Gasteiger partial charge in [-0.05, 0) is 122 Å². The van der Waals surface area contributed by atoms with E-state index in [1.807, 2.05) is 6.08 Å². The number of hydrogen-bond acceptors (Lipinski definition) is 10. The Bertz CT molecular complexity index is 1910. The summed E-state index contributed by atoms with van der Waals surface area (Å²) in [6.07, 6.45) is 76.2. The van der Waals surface area contributed by atoms with Gasteiger partial charge < -0.3 is 45.1 Å². The number of aliphatic hydroxyl groups excluding tert-OH is 5. The number of amides is 1. The van der Waals surface area contributed by atoms with E-state index in [1.165, 1.54) is 70.6 Å². The van der Waals surface area contributed by atoms with E-state index >= 15 is 0 Å². The maximum Gasteiger partial charge on any atom is 0.306 e. The van der Waals surface area contributed by atoms with Gasteiger partial charge in [-0.1, -0.05) is 270 Å². The van der Waals surface area contributed by atoms with Gasteiger partial charge in [-0.3, -0.25) is 9.59 Å². The van der Waals surface area contributed by atoms with E-state index in [0.717, 1.165) is 148 Å². The first kappa shape index (κ1) is 79.8. The minimum Gasteiger partial charge on any atom is -0.454 e. The summed E-state index contributed by atoms with van der Waals surface area (Å²) in [4.78, 5) is 26.7. The number of nitrogens with one attached hydrogen (secondary N) is 1. The Morgan fingerprint density at radius 2 is 0.837 bits per heavy atom. The lowest BCUT2D eigenvalue weighted by Crippen LogP contribution is -2.61. The van der Waals surface area contributed by atoms with Crippen LogP contribution in [0, 0.1) is 0 Å². The molecule has 0 radical (unpaired) electrons. The average Bonchev–Trinajstić information content (AvgIpc) is 3.68. The molecule has 1 rings (SSSR count). The minimum atomic E-state index is -1.63. The van der Waals surface area contributed by atoms with E-state index in [1.54, 1.807) is 6.08 Å². The predicted molar refractivity (Wildman–Crippen MR) is 361 cm³/mol. The third-order valence-corrected chi connectivity index (χ3v) is 15.3. The minimum absolute atomic E-state index is 0.0933. The van der Waals surface area contributed by atoms with E-state index in [2.05, 4.69) is 148 Å². The maximum atomic E-state index is 13.5. The number of ether oxygens (including phenoxy) is 3. The molecule has 490 valence electrons. The standard InChI is InChI=1S/C75H125NO10/c1-4-7-10-13-16-19-22-25-27-29-31-33-34-35-37-38-40-42-44-47-50-53-56-59-62-68(79)74(83)76-66(67(78)61-58-55-52-49-46-24-21-18-15-12-9-6-3)65-84-75-73(72(82)71(81)69(64-77)85-75)86-70(80)63-60-57-54-51-48-45-43-41-39-36-32-30-28-26-23-20-17-14-11-8-5-2/h7,10,16-17,19-20,25-28,31-33,35-37,40-43,58,61,66-69,71-73,75,77-79,81-82H,4-6,8-9,11-15,18,21-24,29-30,34,38-39,44-57,59-60,62-65H2,1-3H3,(H,76,83)/b10-7-,19-16-,20-17-,27-25-,28-26-,33-31-,36-32-,37-35-,42-40-,43-41-,61-58+. The Hall–Kier alpha value is -4.20. The topological polar surface area (TPSA) is 175 Å². The fourth-order valence-corrected chi connectivity index (χ4v) is 9.87. The maximum absolute atomic E-state index is 13.5. The summed E-state index contributed by atoms with van der Waals surface area (Å²) in [5.41, 5.74) is 0. The Labute approximate surface area is 524 Å². The predicted octanol–water partition coefficient (Wildman–Crippen LogP) is 17.6. The second kappa shape index (κ2) is 61.1. The summed E-state index contributed by atoms with van der Waals surface area (Å²) in [6, 6.07) is -1.05. The van der Waals surface area contributed by atoms with Crippen molar-refractivity contribution in [2.75, 3.05) is 13.2 Å². The summed E-state index contributed by atoms with van der Waals surface area (Å²) in [6.45, 7) is 5.63. The Morgan fingerprint density at radius 1 is 0.465 bits per heavy atom. The number of aliphatic hydroxyl groups is 5. The molecule has 0 bridgehead atoms. The van der Waals surface area contributed by atoms with Crippen LogP contribution < -0.4 is 5.32 Å². The summed E-state index contributed by atoms with van der Waals surface area (Å²) < 4.78 is 17.6. The van der Waals surface area contributed by atoms with Crippen LogP contribution >= 0.6 is 0 Å². The van der Waals surface area contributed by atoms with Crippen LogP contribution in [-0.4, -0.2) is 99.6 Å². The van der Waals surface area contributed by atoms with Crippen molar-refractivity contribution in [2.24, 2.45) is 0 Å². The fourth-order valence-electron chi connectivity index (χ4n) is 9.87. The highest BCUT2D eigenvalue weighted by molar-refractivity contribution is 5.80. The van der Waals surface area contributed by atoms with E-state index in [4.69, 9.17) is 14.2 Å². The highest BCUT2D eigenvalue weighted by atomic mass is 16.7. The summed E-state index contributed by atoms with van der Waals surface area (Å²) >= 11 is 0. The van der Waals surface area contributed by atoms with Crippen molar-refractivity contribution >= 4 is 11.9 Å². The van der Waals surface area contributed by atoms with Gasteiger partial charge in [0, 0.05) is 6.42 Å². The van der Waals surface area contributed by atoms with Gasteiger partial charge in [0.2, 0.25) is 5.91 Å². The molecule has 6 N–H and O–H groups in total. The molecule has 1 fully saturated rings. The van der Waals surface area contributed by atoms with Crippen molar-refractivity contribution in [2.45, 2.75) is 314 Å². The first-order valence-corrected chi connectivity index (χ1v) is 34.5. The fraction of sp³-hybridized carbons (Fsp3) is 0.680. The van der Waals surface area contributed by atoms with Crippen molar-refractivity contribution in [3.8, 4) is 0 Å². The van der Waals surface area contributed by atoms with Crippen LogP contribution in [0.5, 0.6) is 0 Å². The number of unbranched alkanes of at least 4 members (excludes halogenated alkanes) is 23. The van der Waals surface area contributed by atoms with Crippen molar-refractivity contribution in [3.63, 3.8) is 0 Å². The van der Waals surface area contributed by atoms with Gasteiger partial charge in [-0.2, -0.15) is 0 Å². The van der Waals surface area contributed by atoms with Gasteiger partial charge in [0.25, 0.3) is 0 Å². The number of hydrogen-bond donors (Lipinski definition) is 6. The summed E-state index contributed by atoms with van der Waals surface area (Å²) in [5.74, 6) is -1.24. The van der Waals surface area contributed by atoms with Gasteiger partial charge in [0.05, 0.1) is 25.4 Å². The van der Waals surface area contributed by atoms with Crippen molar-refractivity contribution in [1.29, 1.82) is 0 Å². The largest absolute Gasteiger partial charge is 0.454 e. The SMILES string of the molecule is CC/C=C\C/C=C\C/C=C\C/C=C\C/C=C\C/C=C\CCCCCCCC(O)C(=O)NC(COC1OC(CO)C(O)C(O)C1OC(=O)CCCCCCC/C=C\C/C=C\C/C=C\C/C=C\CCCCC)C(O)/C=C/CCCCCCCCCCCC. The lowest BCUT2D eigenvalue weighted by atomic mass is 9.99. The van der Waals surface area contributed by atoms with E-state index in [9.17, 15) is 35.1 Å². The molecule has 0 spiro atoms. The Kier molecular flexibility index (Phi) is 56.7. The van der Waals surface area contributed by atoms with Crippen molar-refractivity contribution < 1.29 is 49.3 Å². The molecule has 1 saturated heterocycles. The monoisotopic (exact) mass is 1200 g/mol. The van der Waals surface area contributed by atoms with Crippen LogP contribution in [0.3, 0.4) is 0 Å². The first-order chi connectivity index (χ1) is 42.2. The van der Waals surface area contributed by atoms with Gasteiger partial charge in [-0.25, -0.2) is 0 Å². The third kappa shape index (κ3) is 47.8. The molecule has 11 heteroatoms. The second-order valence-corrected chi connectivity index (χ2v) is 23.2. The van der Waals surface area contributed by atoms with Crippen molar-refractivity contribution in [1.82, 2.24) is 5.32 Å². The second-order valence-electron chi connectivity index (χ2n) is 23.2. The number of carbonyl (C=O) groups is 2. The lowest BCUT2D eigenvalue weighted by molar-refractivity contribution is -0.305. The number of allylic oxidation sites excluding steroid dienone is 21. The van der Waals surface area contributed by atoms with Gasteiger partial charge in [0.15, 0.2) is 12.4 Å². The normalized spacial score (nSPS) is 19.2. The van der Waals surface area contributed by atoms with Crippen LogP contribution in [-0.2, 0) is 23.8 Å². The molecule has 0 saturated carbocycles. The number of carbonyl (C=O) groups excluding carboxylic acids is 2. The molecular weight excluding hydrogens is 1070 g/mol. The molecule has 1 heterocycles. The van der Waals surface area contributed by atoms with Crippen LogP contribution in [0.4, 0.5) is 0 Å². The first-order valence-electron chi connectivity index (χ1n) is 34.5. The van der Waals surface area contributed by atoms with E-state index < -0.39 is 67.4 Å². The highest BCUT2D eigenvalue weighted by Crippen LogP contribution is 2.26. The lowest BCUT2D eigenvalue weighted by Gasteiger charge is -2.41. The molecule has 11 nitrogen and oxygen atoms in total. The zero-order valence-corrected chi connectivity index (χ0v) is 54.4. The molecule has 1 aliphatic rings. The van der Waals surface area contributed by atoms with Gasteiger partial charge in [-0.15, -0.1) is 0 Å². The molecule has 1 aliphatic heterocycles. The molecule has 8 atom stereocenters. The summed E-state index contributed by atoms with van der Waals surface area (Å²) in [5, 5.41) is 57.2. The Balaban J connectivity index is 2.65. The zero-order chi connectivity index (χ0) is 62.4. The molecular formula is C75H125NO10. The summed E-state index contributed by atoms with van der Waals surface area (Å²) in [7, 11) is 0. The smallest absolute Gasteiger partial charge is 0.306 e. The number of rotatable bonds is 57. The van der Waals surface area contributed by atoms with Gasteiger partial charge >= 0.3 is 5.97 Å². The third-order valence-electron chi connectivity index (χ3n) is 15.3. The molecule has 8 unspecified atom stereocenters. The molecule has 0 aliphatic carbocycles. The molecule has 0 aromatic heterocycles. The van der Waals surface area contributed by atoms with Gasteiger partial charge in [0.1, 0.15) is 24.4 Å². The van der Waals surface area contributed by atoms with Crippen LogP contribution in [0.1, 0.15) is 265 Å². The quantitative estimate of drug-likeness (QED) is 0.0195. The van der Waals surface area contributed by atoms with Crippen molar-refractivity contribution in [3.05, 3.63) is 134 Å². The van der Waals surface area contributed by atoms with Crippen LogP contribution in [0.25, 0.3) is 0 Å². The average molecular weight is 1200 g/mol. The highest BCUT2D eigenvalue weighted by Gasteiger charge is 2.47. The number of esters is 1.